The molecule has 3 nitrogen and oxygen atoms in total. The minimum absolute atomic E-state index is 1.02. The molecule has 0 aliphatic carbocycles. The molecule has 0 saturated carbocycles. The van der Waals surface area contributed by atoms with E-state index in [0.29, 0.717) is 0 Å². The van der Waals surface area contributed by atoms with E-state index in [-0.39, 0.29) is 0 Å². The molecular formula is C13H30AlCl3O3Si2. The molecule has 0 aromatic rings. The summed E-state index contributed by atoms with van der Waals surface area (Å²) in [6.45, 7) is 13.0. The smallest absolute Gasteiger partial charge is 0.499 e. The van der Waals surface area contributed by atoms with Gasteiger partial charge >= 0.3 is 15.1 Å². The Morgan fingerprint density at radius 1 is 0.682 bits per heavy atom. The van der Waals surface area contributed by atoms with Crippen molar-refractivity contribution in [2.45, 2.75) is 81.8 Å². The van der Waals surface area contributed by atoms with Crippen LogP contribution in [0.2, 0.25) is 36.3 Å². The monoisotopic (exact) mass is 422 g/mol. The molecule has 0 amide bonds. The predicted molar refractivity (Wildman–Crippen MR) is 104 cm³/mol. The van der Waals surface area contributed by atoms with Crippen molar-refractivity contribution >= 4 is 66.6 Å². The van der Waals surface area contributed by atoms with Crippen LogP contribution in [0, 0.1) is 0 Å². The van der Waals surface area contributed by atoms with Gasteiger partial charge in [-0.05, 0) is 36.3 Å². The fraction of sp³-hybridized carbons (Fsp3) is 1.00. The van der Waals surface area contributed by atoms with E-state index in [1.165, 1.54) is 0 Å². The quantitative estimate of drug-likeness (QED) is 0.286. The van der Waals surface area contributed by atoms with Crippen molar-refractivity contribution in [3.05, 3.63) is 0 Å². The molecule has 0 unspecified atom stereocenters. The van der Waals surface area contributed by atoms with Gasteiger partial charge in [-0.15, -0.1) is 0 Å². The van der Waals surface area contributed by atoms with Crippen molar-refractivity contribution in [3.63, 3.8) is 0 Å². The summed E-state index contributed by atoms with van der Waals surface area (Å²) >= 11 is 15.1. The lowest BCUT2D eigenvalue weighted by Crippen LogP contribution is -2.51. The van der Waals surface area contributed by atoms with E-state index in [1.807, 2.05) is 0 Å². The van der Waals surface area contributed by atoms with Crippen molar-refractivity contribution in [2.75, 3.05) is 0 Å². The van der Waals surface area contributed by atoms with E-state index in [1.54, 1.807) is 0 Å². The minimum Gasteiger partial charge on any atom is -0.499 e. The summed E-state index contributed by atoms with van der Waals surface area (Å²) in [5.41, 5.74) is 0. The van der Waals surface area contributed by atoms with Gasteiger partial charge in [0.05, 0.1) is 0 Å². The Hall–Kier alpha value is 1.72. The summed E-state index contributed by atoms with van der Waals surface area (Å²) in [4.78, 5) is 0. The van der Waals surface area contributed by atoms with Crippen molar-refractivity contribution < 1.29 is 10.7 Å². The topological polar surface area (TPSA) is 27.7 Å². The van der Waals surface area contributed by atoms with Gasteiger partial charge < -0.3 is 10.7 Å². The fourth-order valence-electron chi connectivity index (χ4n) is 2.59. The van der Waals surface area contributed by atoms with Crippen LogP contribution in [0.1, 0.15) is 41.5 Å². The van der Waals surface area contributed by atoms with Gasteiger partial charge in [0, 0.05) is 0 Å². The molecule has 0 aromatic carbocycles. The number of halogens is 3. The van der Waals surface area contributed by atoms with Crippen LogP contribution in [-0.4, -0.2) is 35.8 Å². The third-order valence-electron chi connectivity index (χ3n) is 4.79. The maximum Gasteiger partial charge on any atom is 0.886 e. The molecule has 0 aromatic heterocycles. The summed E-state index contributed by atoms with van der Waals surface area (Å²) in [5.74, 6) is 0. The molecule has 0 saturated heterocycles. The number of rotatable bonds is 11. The van der Waals surface area contributed by atoms with E-state index < -0.39 is 35.8 Å². The second-order valence-corrected chi connectivity index (χ2v) is 19.4. The number of alkyl halides is 3. The first kappa shape index (κ1) is 23.7. The molecule has 0 aliphatic heterocycles. The molecule has 0 fully saturated rings. The number of hydrogen-bond acceptors (Lipinski definition) is 3. The molecule has 0 bridgehead atoms. The zero-order valence-electron chi connectivity index (χ0n) is 14.7. The normalized spacial score (nSPS) is 13.5. The van der Waals surface area contributed by atoms with Crippen LogP contribution in [-0.2, 0) is 10.7 Å². The van der Waals surface area contributed by atoms with Gasteiger partial charge in [0.1, 0.15) is 0 Å². The first-order valence-corrected chi connectivity index (χ1v) is 15.9. The Labute approximate surface area is 158 Å². The van der Waals surface area contributed by atoms with E-state index in [9.17, 15) is 0 Å². The molecule has 0 heterocycles. The van der Waals surface area contributed by atoms with Crippen LogP contribution in [0.3, 0.4) is 0 Å². The first-order chi connectivity index (χ1) is 10.1. The maximum absolute atomic E-state index is 6.44. The minimum atomic E-state index is -2.49. The van der Waals surface area contributed by atoms with Gasteiger partial charge in [-0.2, -0.15) is 0 Å². The Kier molecular flexibility index (Phi) is 11.5. The van der Waals surface area contributed by atoms with Crippen LogP contribution in [0.5, 0.6) is 0 Å². The zero-order chi connectivity index (χ0) is 17.4. The zero-order valence-corrected chi connectivity index (χ0v) is 20.1. The maximum atomic E-state index is 6.44. The Bertz CT molecular complexity index is 273. The summed E-state index contributed by atoms with van der Waals surface area (Å²) in [5, 5.41) is 0. The van der Waals surface area contributed by atoms with Crippen LogP contribution in [0.4, 0.5) is 0 Å². The highest BCUT2D eigenvalue weighted by Crippen LogP contribution is 2.33. The van der Waals surface area contributed by atoms with Gasteiger partial charge in [0.25, 0.3) is 3.98 Å². The lowest BCUT2D eigenvalue weighted by atomic mass is 10.9. The standard InChI is InChI=1S/2C6H15OSi.CCl3O.Al/c2*1-4-8(7,5-2)6-3;2-1(3,4)5;/h2*4-6H2,1-3H3;;/q3*-1;+3. The van der Waals surface area contributed by atoms with Crippen LogP contribution >= 0.6 is 34.8 Å². The highest BCUT2D eigenvalue weighted by atomic mass is 35.6. The van der Waals surface area contributed by atoms with Crippen molar-refractivity contribution in [1.29, 1.82) is 0 Å². The van der Waals surface area contributed by atoms with E-state index in [2.05, 4.69) is 41.5 Å². The summed E-state index contributed by atoms with van der Waals surface area (Å²) in [6.07, 6.45) is 0. The number of hydrogen-bond donors (Lipinski definition) is 0. The second kappa shape index (κ2) is 10.6. The first-order valence-electron chi connectivity index (χ1n) is 8.25. The van der Waals surface area contributed by atoms with Gasteiger partial charge in [0.15, 0.2) is 16.6 Å². The molecule has 0 rings (SSSR count). The summed E-state index contributed by atoms with van der Waals surface area (Å²) in [6, 6.07) is 6.14. The third kappa shape index (κ3) is 7.73. The molecule has 132 valence electrons. The van der Waals surface area contributed by atoms with E-state index in [0.717, 1.165) is 36.3 Å². The van der Waals surface area contributed by atoms with Crippen LogP contribution in [0.15, 0.2) is 0 Å². The molecule has 9 heteroatoms. The second-order valence-electron chi connectivity index (χ2n) is 5.58. The van der Waals surface area contributed by atoms with Gasteiger partial charge in [-0.3, -0.25) is 0 Å². The molecule has 22 heavy (non-hydrogen) atoms. The fourth-order valence-corrected chi connectivity index (χ4v) is 14.7. The molecule has 0 aliphatic rings. The van der Waals surface area contributed by atoms with Crippen molar-refractivity contribution in [1.82, 2.24) is 0 Å². The summed E-state index contributed by atoms with van der Waals surface area (Å²) < 4.78 is 16.7. The van der Waals surface area contributed by atoms with Gasteiger partial charge in [-0.25, -0.2) is 0 Å². The molecular weight excluding hydrogens is 394 g/mol. The Morgan fingerprint density at radius 3 is 1.14 bits per heavy atom. The Morgan fingerprint density at radius 2 is 0.955 bits per heavy atom. The lowest BCUT2D eigenvalue weighted by molar-refractivity contribution is 0.190. The molecule has 0 radical (unpaired) electrons. The lowest BCUT2D eigenvalue weighted by Gasteiger charge is -2.37. The largest absolute Gasteiger partial charge is 0.886 e. The SMILES string of the molecule is CC[Si](CC)(CC)[O][Al]([O]C(Cl)(Cl)Cl)[O][Si](CC)(CC)CC. The van der Waals surface area contributed by atoms with Crippen LogP contribution < -0.4 is 0 Å². The Balaban J connectivity index is 5.28. The van der Waals surface area contributed by atoms with E-state index in [4.69, 9.17) is 45.5 Å². The average Bonchev–Trinajstić information content (AvgIpc) is 2.49. The van der Waals surface area contributed by atoms with Gasteiger partial charge in [-0.1, -0.05) is 76.3 Å². The van der Waals surface area contributed by atoms with Crippen LogP contribution in [0.25, 0.3) is 0 Å². The highest BCUT2D eigenvalue weighted by Gasteiger charge is 2.49. The third-order valence-corrected chi connectivity index (χ3v) is 19.3. The molecule has 0 spiro atoms. The predicted octanol–water partition coefficient (Wildman–Crippen LogP) is 6.36. The molecule has 0 N–H and O–H groups in total. The van der Waals surface area contributed by atoms with E-state index >= 15 is 0 Å². The highest BCUT2D eigenvalue weighted by molar-refractivity contribution is 6.83. The van der Waals surface area contributed by atoms with Gasteiger partial charge in [0.2, 0.25) is 0 Å². The van der Waals surface area contributed by atoms with Crippen molar-refractivity contribution in [2.24, 2.45) is 0 Å². The molecule has 0 atom stereocenters. The summed E-state index contributed by atoms with van der Waals surface area (Å²) in [7, 11) is -3.72. The average molecular weight is 424 g/mol. The van der Waals surface area contributed by atoms with Crippen molar-refractivity contribution in [3.8, 4) is 0 Å².